The van der Waals surface area contributed by atoms with Crippen LogP contribution in [0, 0.1) is 5.82 Å². The van der Waals surface area contributed by atoms with E-state index in [4.69, 9.17) is 10.1 Å². The third-order valence-electron chi connectivity index (χ3n) is 5.51. The first-order chi connectivity index (χ1) is 14.2. The van der Waals surface area contributed by atoms with E-state index in [1.807, 2.05) is 41.2 Å². The zero-order valence-electron chi connectivity index (χ0n) is 16.1. The second-order valence-electron chi connectivity index (χ2n) is 7.64. The van der Waals surface area contributed by atoms with Crippen LogP contribution in [-0.4, -0.2) is 37.6 Å². The van der Waals surface area contributed by atoms with E-state index < -0.39 is 0 Å². The molecule has 0 spiro atoms. The molecule has 5 nitrogen and oxygen atoms in total. The monoisotopic (exact) mass is 387 g/mol. The smallest absolute Gasteiger partial charge is 0.156 e. The molecule has 1 saturated heterocycles. The van der Waals surface area contributed by atoms with E-state index in [1.165, 1.54) is 6.07 Å². The Kier molecular flexibility index (Phi) is 4.77. The molecule has 1 unspecified atom stereocenters. The molecule has 0 radical (unpaired) electrons. The van der Waals surface area contributed by atoms with Crippen LogP contribution < -0.4 is 0 Å². The summed E-state index contributed by atoms with van der Waals surface area (Å²) < 4.78 is 15.4. The van der Waals surface area contributed by atoms with Crippen molar-refractivity contribution in [1.82, 2.24) is 24.5 Å². The van der Waals surface area contributed by atoms with Crippen LogP contribution in [0.15, 0.2) is 67.1 Å². The molecule has 0 amide bonds. The summed E-state index contributed by atoms with van der Waals surface area (Å²) in [4.78, 5) is 11.3. The number of nitrogens with zero attached hydrogens (tertiary/aromatic N) is 5. The Labute approximate surface area is 168 Å². The average molecular weight is 387 g/mol. The molecule has 1 aliphatic heterocycles. The SMILES string of the molecule is Fc1cccc(CN2CCCC(c3nc4ccc(-c5cccnc5)cn4n3)C2)c1. The Morgan fingerprint density at radius 2 is 2.03 bits per heavy atom. The van der Waals surface area contributed by atoms with Gasteiger partial charge in [-0.05, 0) is 55.3 Å². The fourth-order valence-electron chi connectivity index (χ4n) is 4.08. The highest BCUT2D eigenvalue weighted by Gasteiger charge is 2.25. The predicted octanol–water partition coefficient (Wildman–Crippen LogP) is 4.31. The van der Waals surface area contributed by atoms with E-state index >= 15 is 0 Å². The number of hydrogen-bond acceptors (Lipinski definition) is 4. The lowest BCUT2D eigenvalue weighted by Crippen LogP contribution is -2.34. The van der Waals surface area contributed by atoms with Crippen molar-refractivity contribution >= 4 is 5.65 Å². The minimum absolute atomic E-state index is 0.178. The number of pyridine rings is 2. The lowest BCUT2D eigenvalue weighted by atomic mass is 9.97. The van der Waals surface area contributed by atoms with Crippen molar-refractivity contribution < 1.29 is 4.39 Å². The Morgan fingerprint density at radius 3 is 2.90 bits per heavy atom. The Hall–Kier alpha value is -3.12. The third-order valence-corrected chi connectivity index (χ3v) is 5.51. The fraction of sp³-hybridized carbons (Fsp3) is 0.261. The minimum Gasteiger partial charge on any atom is -0.298 e. The lowest BCUT2D eigenvalue weighted by Gasteiger charge is -2.31. The highest BCUT2D eigenvalue weighted by atomic mass is 19.1. The van der Waals surface area contributed by atoms with Crippen molar-refractivity contribution in [2.75, 3.05) is 13.1 Å². The highest BCUT2D eigenvalue weighted by molar-refractivity contribution is 5.63. The molecular formula is C23H22FN5. The van der Waals surface area contributed by atoms with Gasteiger partial charge in [0.25, 0.3) is 0 Å². The summed E-state index contributed by atoms with van der Waals surface area (Å²) in [7, 11) is 0. The van der Waals surface area contributed by atoms with Gasteiger partial charge in [-0.25, -0.2) is 13.9 Å². The van der Waals surface area contributed by atoms with Crippen LogP contribution in [0.4, 0.5) is 4.39 Å². The topological polar surface area (TPSA) is 46.3 Å². The van der Waals surface area contributed by atoms with Crippen molar-refractivity contribution in [2.45, 2.75) is 25.3 Å². The van der Waals surface area contributed by atoms with Gasteiger partial charge in [-0.3, -0.25) is 9.88 Å². The molecule has 0 aliphatic carbocycles. The molecule has 29 heavy (non-hydrogen) atoms. The van der Waals surface area contributed by atoms with Gasteiger partial charge >= 0.3 is 0 Å². The number of fused-ring (bicyclic) bond motifs is 1. The van der Waals surface area contributed by atoms with Crippen LogP contribution in [0.25, 0.3) is 16.8 Å². The molecule has 0 N–H and O–H groups in total. The lowest BCUT2D eigenvalue weighted by molar-refractivity contribution is 0.196. The van der Waals surface area contributed by atoms with Gasteiger partial charge in [-0.15, -0.1) is 0 Å². The second-order valence-corrected chi connectivity index (χ2v) is 7.64. The van der Waals surface area contributed by atoms with E-state index in [9.17, 15) is 4.39 Å². The summed E-state index contributed by atoms with van der Waals surface area (Å²) in [6.07, 6.45) is 7.80. The summed E-state index contributed by atoms with van der Waals surface area (Å²) in [5.41, 5.74) is 3.99. The number of benzene rings is 1. The first-order valence-electron chi connectivity index (χ1n) is 9.98. The molecule has 0 saturated carbocycles. The highest BCUT2D eigenvalue weighted by Crippen LogP contribution is 2.27. The summed E-state index contributed by atoms with van der Waals surface area (Å²) in [5, 5.41) is 4.78. The molecule has 4 aromatic rings. The van der Waals surface area contributed by atoms with Crippen LogP contribution in [0.5, 0.6) is 0 Å². The van der Waals surface area contributed by atoms with Crippen LogP contribution in [0.2, 0.25) is 0 Å². The standard InChI is InChI=1S/C23H22FN5/c24-21-7-1-4-17(12-21)14-28-11-3-6-20(15-28)23-26-22-9-8-19(16-29(22)27-23)18-5-2-10-25-13-18/h1-2,4-5,7-10,12-13,16,20H,3,6,11,14-15H2. The first-order valence-corrected chi connectivity index (χ1v) is 9.98. The van der Waals surface area contributed by atoms with E-state index in [1.54, 1.807) is 18.3 Å². The Balaban J connectivity index is 1.35. The van der Waals surface area contributed by atoms with Crippen molar-refractivity contribution in [1.29, 1.82) is 0 Å². The van der Waals surface area contributed by atoms with Crippen molar-refractivity contribution in [2.24, 2.45) is 0 Å². The third kappa shape index (κ3) is 3.89. The average Bonchev–Trinajstić information content (AvgIpc) is 3.18. The van der Waals surface area contributed by atoms with E-state index in [0.717, 1.165) is 60.6 Å². The van der Waals surface area contributed by atoms with Crippen LogP contribution in [0.3, 0.4) is 0 Å². The van der Waals surface area contributed by atoms with Crippen LogP contribution in [0.1, 0.15) is 30.1 Å². The summed E-state index contributed by atoms with van der Waals surface area (Å²) >= 11 is 0. The largest absolute Gasteiger partial charge is 0.298 e. The van der Waals surface area contributed by atoms with Crippen molar-refractivity contribution in [3.63, 3.8) is 0 Å². The van der Waals surface area contributed by atoms with Gasteiger partial charge in [0, 0.05) is 48.7 Å². The minimum atomic E-state index is -0.178. The summed E-state index contributed by atoms with van der Waals surface area (Å²) in [6, 6.07) is 14.9. The maximum Gasteiger partial charge on any atom is 0.156 e. The van der Waals surface area contributed by atoms with Crippen molar-refractivity contribution in [3.8, 4) is 11.1 Å². The number of rotatable bonds is 4. The fourth-order valence-corrected chi connectivity index (χ4v) is 4.08. The Bertz CT molecular complexity index is 1120. The van der Waals surface area contributed by atoms with Gasteiger partial charge in [0.05, 0.1) is 0 Å². The quantitative estimate of drug-likeness (QED) is 0.524. The molecular weight excluding hydrogens is 365 g/mol. The molecule has 3 aromatic heterocycles. The molecule has 4 heterocycles. The second kappa shape index (κ2) is 7.72. The Morgan fingerprint density at radius 1 is 1.07 bits per heavy atom. The van der Waals surface area contributed by atoms with Gasteiger partial charge < -0.3 is 0 Å². The van der Waals surface area contributed by atoms with E-state index in [2.05, 4.69) is 16.0 Å². The van der Waals surface area contributed by atoms with Gasteiger partial charge in [0.1, 0.15) is 5.82 Å². The van der Waals surface area contributed by atoms with Gasteiger partial charge in [-0.2, -0.15) is 5.10 Å². The zero-order valence-corrected chi connectivity index (χ0v) is 16.1. The molecule has 1 fully saturated rings. The van der Waals surface area contributed by atoms with E-state index in [-0.39, 0.29) is 5.82 Å². The molecule has 6 heteroatoms. The maximum absolute atomic E-state index is 13.5. The van der Waals surface area contributed by atoms with Crippen molar-refractivity contribution in [3.05, 3.63) is 84.3 Å². The number of piperidine rings is 1. The number of aromatic nitrogens is 4. The number of hydrogen-bond donors (Lipinski definition) is 0. The predicted molar refractivity (Wildman–Crippen MR) is 110 cm³/mol. The molecule has 1 atom stereocenters. The molecule has 5 rings (SSSR count). The van der Waals surface area contributed by atoms with Crippen LogP contribution >= 0.6 is 0 Å². The molecule has 1 aliphatic rings. The molecule has 0 bridgehead atoms. The van der Waals surface area contributed by atoms with Crippen LogP contribution in [-0.2, 0) is 6.54 Å². The zero-order chi connectivity index (χ0) is 19.6. The normalized spacial score (nSPS) is 17.6. The van der Waals surface area contributed by atoms with Gasteiger partial charge in [-0.1, -0.05) is 18.2 Å². The van der Waals surface area contributed by atoms with Gasteiger partial charge in [0.15, 0.2) is 11.5 Å². The maximum atomic E-state index is 13.5. The number of halogens is 1. The first kappa shape index (κ1) is 17.9. The molecule has 146 valence electrons. The van der Waals surface area contributed by atoms with E-state index in [0.29, 0.717) is 5.92 Å². The molecule has 1 aromatic carbocycles. The van der Waals surface area contributed by atoms with Gasteiger partial charge in [0.2, 0.25) is 0 Å². The summed E-state index contributed by atoms with van der Waals surface area (Å²) in [6.45, 7) is 2.67. The number of likely N-dealkylation sites (tertiary alicyclic amines) is 1. The summed E-state index contributed by atoms with van der Waals surface area (Å²) in [5.74, 6) is 0.999.